The Morgan fingerprint density at radius 2 is 1.84 bits per heavy atom. The zero-order valence-corrected chi connectivity index (χ0v) is 12.5. The third-order valence-corrected chi connectivity index (χ3v) is 4.44. The summed E-state index contributed by atoms with van der Waals surface area (Å²) in [6.45, 7) is 6.53. The van der Waals surface area contributed by atoms with Crippen molar-refractivity contribution < 1.29 is 5.11 Å². The van der Waals surface area contributed by atoms with Gasteiger partial charge in [0.2, 0.25) is 0 Å². The van der Waals surface area contributed by atoms with Crippen LogP contribution in [0.3, 0.4) is 0 Å². The molecule has 1 saturated heterocycles. The lowest BCUT2D eigenvalue weighted by Gasteiger charge is -2.29. The van der Waals surface area contributed by atoms with Gasteiger partial charge in [-0.2, -0.15) is 0 Å². The van der Waals surface area contributed by atoms with Gasteiger partial charge < -0.3 is 10.0 Å². The van der Waals surface area contributed by atoms with E-state index in [1.54, 1.807) is 0 Å². The maximum atomic E-state index is 10.5. The van der Waals surface area contributed by atoms with Crippen molar-refractivity contribution in [2.75, 3.05) is 27.2 Å². The summed E-state index contributed by atoms with van der Waals surface area (Å²) in [5.41, 5.74) is 1.01. The van der Waals surface area contributed by atoms with E-state index in [-0.39, 0.29) is 6.04 Å². The number of rotatable bonds is 4. The van der Waals surface area contributed by atoms with Gasteiger partial charge in [-0.05, 0) is 32.5 Å². The molecule has 1 heterocycles. The van der Waals surface area contributed by atoms with Crippen LogP contribution in [0.25, 0.3) is 0 Å². The second-order valence-electron chi connectivity index (χ2n) is 6.06. The fraction of sp³-hybridized carbons (Fsp3) is 0.625. The Hall–Kier alpha value is -0.900. The zero-order chi connectivity index (χ0) is 14.0. The van der Waals surface area contributed by atoms with Crippen molar-refractivity contribution in [1.29, 1.82) is 0 Å². The molecule has 2 rings (SSSR count). The predicted octanol–water partition coefficient (Wildman–Crippen LogP) is 1.99. The highest BCUT2D eigenvalue weighted by molar-refractivity contribution is 5.18. The Balaban J connectivity index is 2.03. The first-order valence-electron chi connectivity index (χ1n) is 7.14. The lowest BCUT2D eigenvalue weighted by atomic mass is 10.0. The first kappa shape index (κ1) is 14.5. The number of aliphatic hydroxyl groups excluding tert-OH is 1. The molecular formula is C16H26N2O. The number of aliphatic hydroxyl groups is 1. The molecule has 3 heteroatoms. The van der Waals surface area contributed by atoms with Crippen molar-refractivity contribution in [3.8, 4) is 0 Å². The van der Waals surface area contributed by atoms with E-state index in [1.165, 1.54) is 0 Å². The third-order valence-electron chi connectivity index (χ3n) is 4.44. The minimum Gasteiger partial charge on any atom is -0.387 e. The van der Waals surface area contributed by atoms with E-state index in [2.05, 4.69) is 37.7 Å². The molecule has 0 radical (unpaired) electrons. The van der Waals surface area contributed by atoms with Crippen LogP contribution in [0, 0.1) is 5.92 Å². The number of hydrogen-bond donors (Lipinski definition) is 1. The molecule has 4 atom stereocenters. The Morgan fingerprint density at radius 1 is 1.21 bits per heavy atom. The highest BCUT2D eigenvalue weighted by Gasteiger charge is 2.35. The zero-order valence-electron chi connectivity index (χ0n) is 12.5. The number of likely N-dealkylation sites (tertiary alicyclic amines) is 1. The van der Waals surface area contributed by atoms with E-state index in [0.717, 1.165) is 18.7 Å². The Labute approximate surface area is 116 Å². The molecule has 1 aromatic rings. The molecule has 1 N–H and O–H groups in total. The van der Waals surface area contributed by atoms with E-state index < -0.39 is 6.10 Å². The molecule has 0 amide bonds. The van der Waals surface area contributed by atoms with Gasteiger partial charge in [-0.3, -0.25) is 4.90 Å². The number of benzene rings is 1. The fourth-order valence-corrected chi connectivity index (χ4v) is 3.12. The first-order valence-corrected chi connectivity index (χ1v) is 7.14. The predicted molar refractivity (Wildman–Crippen MR) is 79.1 cm³/mol. The van der Waals surface area contributed by atoms with E-state index in [0.29, 0.717) is 12.0 Å². The quantitative estimate of drug-likeness (QED) is 0.899. The molecule has 106 valence electrons. The average Bonchev–Trinajstić information content (AvgIpc) is 2.80. The van der Waals surface area contributed by atoms with Crippen molar-refractivity contribution in [2.45, 2.75) is 32.0 Å². The first-order chi connectivity index (χ1) is 9.00. The van der Waals surface area contributed by atoms with Crippen LogP contribution in [0.1, 0.15) is 25.5 Å². The molecule has 0 saturated carbocycles. The second-order valence-corrected chi connectivity index (χ2v) is 6.06. The molecule has 1 fully saturated rings. The molecule has 1 aliphatic heterocycles. The Kier molecular flexibility index (Phi) is 4.61. The van der Waals surface area contributed by atoms with Gasteiger partial charge in [0, 0.05) is 25.2 Å². The van der Waals surface area contributed by atoms with Crippen LogP contribution in [0.15, 0.2) is 30.3 Å². The van der Waals surface area contributed by atoms with Crippen LogP contribution in [0.4, 0.5) is 0 Å². The van der Waals surface area contributed by atoms with Crippen LogP contribution in [0.5, 0.6) is 0 Å². The van der Waals surface area contributed by atoms with E-state index >= 15 is 0 Å². The topological polar surface area (TPSA) is 26.7 Å². The summed E-state index contributed by atoms with van der Waals surface area (Å²) in [7, 11) is 4.28. The van der Waals surface area contributed by atoms with Crippen molar-refractivity contribution >= 4 is 0 Å². The lowest BCUT2D eigenvalue weighted by molar-refractivity contribution is 0.0673. The molecule has 3 nitrogen and oxygen atoms in total. The molecule has 0 aromatic heterocycles. The Morgan fingerprint density at radius 3 is 2.37 bits per heavy atom. The summed E-state index contributed by atoms with van der Waals surface area (Å²) in [5.74, 6) is 0.653. The Bertz CT molecular complexity index is 393. The van der Waals surface area contributed by atoms with Crippen molar-refractivity contribution in [1.82, 2.24) is 9.80 Å². The summed E-state index contributed by atoms with van der Waals surface area (Å²) in [6.07, 6.45) is -0.408. The molecule has 1 aliphatic rings. The van der Waals surface area contributed by atoms with Gasteiger partial charge in [0.15, 0.2) is 0 Å². The van der Waals surface area contributed by atoms with E-state index in [1.807, 2.05) is 30.3 Å². The second kappa shape index (κ2) is 6.04. The number of hydrogen-bond acceptors (Lipinski definition) is 3. The van der Waals surface area contributed by atoms with Gasteiger partial charge in [-0.25, -0.2) is 0 Å². The van der Waals surface area contributed by atoms with Gasteiger partial charge >= 0.3 is 0 Å². The highest BCUT2D eigenvalue weighted by Crippen LogP contribution is 2.27. The highest BCUT2D eigenvalue weighted by atomic mass is 16.3. The summed E-state index contributed by atoms with van der Waals surface area (Å²) in [6, 6.07) is 10.7. The standard InChI is InChI=1S/C16H26N2O/c1-12-10-18(11-15(12)17(3)4)13(2)16(19)14-8-6-5-7-9-14/h5-9,12-13,15-16,19H,10-11H2,1-4H3. The van der Waals surface area contributed by atoms with Gasteiger partial charge in [-0.15, -0.1) is 0 Å². The van der Waals surface area contributed by atoms with Crippen LogP contribution >= 0.6 is 0 Å². The maximum Gasteiger partial charge on any atom is 0.0942 e. The molecule has 0 bridgehead atoms. The van der Waals surface area contributed by atoms with Crippen LogP contribution < -0.4 is 0 Å². The van der Waals surface area contributed by atoms with Crippen molar-refractivity contribution in [3.05, 3.63) is 35.9 Å². The molecule has 19 heavy (non-hydrogen) atoms. The van der Waals surface area contributed by atoms with Crippen LogP contribution in [-0.4, -0.2) is 54.2 Å². The van der Waals surface area contributed by atoms with Crippen LogP contribution in [0.2, 0.25) is 0 Å². The molecule has 4 unspecified atom stereocenters. The van der Waals surface area contributed by atoms with Gasteiger partial charge in [0.05, 0.1) is 6.10 Å². The third kappa shape index (κ3) is 3.16. The van der Waals surface area contributed by atoms with E-state index in [4.69, 9.17) is 0 Å². The van der Waals surface area contributed by atoms with Crippen molar-refractivity contribution in [2.24, 2.45) is 5.92 Å². The molecule has 1 aromatic carbocycles. The minimum absolute atomic E-state index is 0.162. The molecular weight excluding hydrogens is 236 g/mol. The maximum absolute atomic E-state index is 10.5. The average molecular weight is 262 g/mol. The molecule has 0 spiro atoms. The normalized spacial score (nSPS) is 27.7. The van der Waals surface area contributed by atoms with Gasteiger partial charge in [-0.1, -0.05) is 37.3 Å². The number of nitrogens with zero attached hydrogens (tertiary/aromatic N) is 2. The lowest BCUT2D eigenvalue weighted by Crippen LogP contribution is -2.39. The summed E-state index contributed by atoms with van der Waals surface area (Å²) < 4.78 is 0. The summed E-state index contributed by atoms with van der Waals surface area (Å²) in [5, 5.41) is 10.5. The fourth-order valence-electron chi connectivity index (χ4n) is 3.12. The van der Waals surface area contributed by atoms with E-state index in [9.17, 15) is 5.11 Å². The summed E-state index contributed by atoms with van der Waals surface area (Å²) in [4.78, 5) is 4.71. The monoisotopic (exact) mass is 262 g/mol. The SMILES string of the molecule is CC1CN(C(C)C(O)c2ccccc2)CC1N(C)C. The van der Waals surface area contributed by atoms with Crippen molar-refractivity contribution in [3.63, 3.8) is 0 Å². The molecule has 0 aliphatic carbocycles. The van der Waals surface area contributed by atoms with Gasteiger partial charge in [0.1, 0.15) is 0 Å². The van der Waals surface area contributed by atoms with Gasteiger partial charge in [0.25, 0.3) is 0 Å². The summed E-state index contributed by atoms with van der Waals surface area (Å²) >= 11 is 0. The number of likely N-dealkylation sites (N-methyl/N-ethyl adjacent to an activating group) is 1. The minimum atomic E-state index is -0.408. The largest absolute Gasteiger partial charge is 0.387 e. The smallest absolute Gasteiger partial charge is 0.0942 e. The van der Waals surface area contributed by atoms with Crippen LogP contribution in [-0.2, 0) is 0 Å².